The van der Waals surface area contributed by atoms with E-state index in [0.717, 1.165) is 33.4 Å². The van der Waals surface area contributed by atoms with Crippen molar-refractivity contribution in [2.24, 2.45) is 0 Å². The van der Waals surface area contributed by atoms with Crippen LogP contribution in [0.2, 0.25) is 0 Å². The van der Waals surface area contributed by atoms with Crippen LogP contribution < -0.4 is 10.1 Å². The van der Waals surface area contributed by atoms with E-state index in [0.29, 0.717) is 12.2 Å². The summed E-state index contributed by atoms with van der Waals surface area (Å²) in [5, 5.41) is 10.5. The van der Waals surface area contributed by atoms with E-state index in [1.54, 1.807) is 46.7 Å². The number of carbonyl (C=O) groups is 1. The number of benzene rings is 1. The van der Waals surface area contributed by atoms with Crippen LogP contribution in [0.5, 0.6) is 5.75 Å². The first kappa shape index (κ1) is 19.4. The van der Waals surface area contributed by atoms with Crippen LogP contribution in [0.15, 0.2) is 54.0 Å². The van der Waals surface area contributed by atoms with Crippen molar-refractivity contribution in [3.05, 3.63) is 69.6 Å². The van der Waals surface area contributed by atoms with Gasteiger partial charge in [0.25, 0.3) is 5.91 Å². The average Bonchev–Trinajstić information content (AvgIpc) is 3.48. The molecular weight excluding hydrogens is 404 g/mol. The lowest BCUT2D eigenvalue weighted by molar-refractivity contribution is 0.0949. The van der Waals surface area contributed by atoms with Gasteiger partial charge < -0.3 is 10.1 Å². The molecule has 0 aliphatic carbocycles. The molecule has 148 valence electrons. The van der Waals surface area contributed by atoms with Crippen molar-refractivity contribution in [2.45, 2.75) is 13.3 Å². The standard InChI is InChI=1S/C21H20N4O2S2/c1-14-23-19(13-28-14)20-8-7-17(29-20)9-11-22-21(26)18-10-12-25(24-18)15-3-5-16(27-2)6-4-15/h3-8,10,12-13H,9,11H2,1-2H3,(H,22,26). The topological polar surface area (TPSA) is 69.0 Å². The molecular formula is C21H20N4O2S2. The number of nitrogens with one attached hydrogen (secondary N) is 1. The zero-order chi connectivity index (χ0) is 20.2. The summed E-state index contributed by atoms with van der Waals surface area (Å²) in [5.74, 6) is 0.602. The number of thiophene rings is 1. The maximum atomic E-state index is 12.4. The SMILES string of the molecule is COc1ccc(-n2ccc(C(=O)NCCc3ccc(-c4csc(C)n4)s3)n2)cc1. The Morgan fingerprint density at radius 3 is 2.72 bits per heavy atom. The molecule has 4 rings (SSSR count). The van der Waals surface area contributed by atoms with Gasteiger partial charge in [0.05, 0.1) is 28.4 Å². The molecule has 4 aromatic rings. The van der Waals surface area contributed by atoms with E-state index in [2.05, 4.69) is 32.9 Å². The highest BCUT2D eigenvalue weighted by Crippen LogP contribution is 2.29. The summed E-state index contributed by atoms with van der Waals surface area (Å²) in [6, 6.07) is 13.4. The van der Waals surface area contributed by atoms with Gasteiger partial charge >= 0.3 is 0 Å². The first-order valence-electron chi connectivity index (χ1n) is 9.12. The van der Waals surface area contributed by atoms with Crippen molar-refractivity contribution in [3.63, 3.8) is 0 Å². The average molecular weight is 425 g/mol. The van der Waals surface area contributed by atoms with Gasteiger partial charge in [-0.2, -0.15) is 5.10 Å². The van der Waals surface area contributed by atoms with Crippen LogP contribution in [-0.4, -0.2) is 34.3 Å². The summed E-state index contributed by atoms with van der Waals surface area (Å²) in [6.45, 7) is 2.57. The Kier molecular flexibility index (Phi) is 5.73. The van der Waals surface area contributed by atoms with Gasteiger partial charge in [-0.05, 0) is 55.8 Å². The molecule has 1 amide bonds. The highest BCUT2D eigenvalue weighted by atomic mass is 32.1. The molecule has 29 heavy (non-hydrogen) atoms. The molecule has 8 heteroatoms. The van der Waals surface area contributed by atoms with Crippen LogP contribution in [-0.2, 0) is 6.42 Å². The lowest BCUT2D eigenvalue weighted by Crippen LogP contribution is -2.26. The molecule has 0 spiro atoms. The van der Waals surface area contributed by atoms with Crippen molar-refractivity contribution in [2.75, 3.05) is 13.7 Å². The minimum atomic E-state index is -0.177. The largest absolute Gasteiger partial charge is 0.497 e. The molecule has 0 aliphatic heterocycles. The number of carbonyl (C=O) groups excluding carboxylic acids is 1. The summed E-state index contributed by atoms with van der Waals surface area (Å²) in [6.07, 6.45) is 2.55. The maximum Gasteiger partial charge on any atom is 0.271 e. The van der Waals surface area contributed by atoms with Crippen LogP contribution in [0.3, 0.4) is 0 Å². The van der Waals surface area contributed by atoms with E-state index in [1.807, 2.05) is 31.2 Å². The predicted octanol–water partition coefficient (Wildman–Crippen LogP) is 4.35. The number of rotatable bonds is 7. The minimum absolute atomic E-state index is 0.177. The van der Waals surface area contributed by atoms with Gasteiger partial charge in [0.15, 0.2) is 5.69 Å². The fourth-order valence-electron chi connectivity index (χ4n) is 2.84. The number of hydrogen-bond donors (Lipinski definition) is 1. The second-order valence-electron chi connectivity index (χ2n) is 6.37. The molecule has 0 saturated heterocycles. The van der Waals surface area contributed by atoms with Gasteiger partial charge in [0.2, 0.25) is 0 Å². The Labute approximate surface area is 176 Å². The zero-order valence-corrected chi connectivity index (χ0v) is 17.7. The first-order valence-corrected chi connectivity index (χ1v) is 10.8. The van der Waals surface area contributed by atoms with Gasteiger partial charge in [-0.3, -0.25) is 4.79 Å². The maximum absolute atomic E-state index is 12.4. The zero-order valence-electron chi connectivity index (χ0n) is 16.1. The van der Waals surface area contributed by atoms with E-state index in [-0.39, 0.29) is 5.91 Å². The Balaban J connectivity index is 1.32. The number of ether oxygens (including phenoxy) is 1. The quantitative estimate of drug-likeness (QED) is 0.479. The molecule has 0 bridgehead atoms. The first-order chi connectivity index (χ1) is 14.1. The van der Waals surface area contributed by atoms with Crippen LogP contribution in [0, 0.1) is 6.92 Å². The van der Waals surface area contributed by atoms with E-state index in [1.165, 1.54) is 4.88 Å². The molecule has 1 N–H and O–H groups in total. The Morgan fingerprint density at radius 1 is 1.17 bits per heavy atom. The summed E-state index contributed by atoms with van der Waals surface area (Å²) in [4.78, 5) is 19.3. The molecule has 6 nitrogen and oxygen atoms in total. The Hall–Kier alpha value is -2.97. The van der Waals surface area contributed by atoms with Crippen molar-refractivity contribution >= 4 is 28.6 Å². The number of aromatic nitrogens is 3. The molecule has 0 unspecified atom stereocenters. The van der Waals surface area contributed by atoms with Gasteiger partial charge in [-0.15, -0.1) is 22.7 Å². The molecule has 3 aromatic heterocycles. The van der Waals surface area contributed by atoms with Gasteiger partial charge in [-0.1, -0.05) is 0 Å². The van der Waals surface area contributed by atoms with Crippen LogP contribution in [0.25, 0.3) is 16.3 Å². The number of nitrogens with zero attached hydrogens (tertiary/aromatic N) is 3. The third-order valence-corrected chi connectivity index (χ3v) is 6.29. The second kappa shape index (κ2) is 8.59. The summed E-state index contributed by atoms with van der Waals surface area (Å²) < 4.78 is 6.84. The van der Waals surface area contributed by atoms with Crippen molar-refractivity contribution < 1.29 is 9.53 Å². The number of methoxy groups -OCH3 is 1. The van der Waals surface area contributed by atoms with Crippen LogP contribution in [0.1, 0.15) is 20.4 Å². The van der Waals surface area contributed by atoms with E-state index < -0.39 is 0 Å². The summed E-state index contributed by atoms with van der Waals surface area (Å²) in [5.41, 5.74) is 2.29. The third kappa shape index (κ3) is 4.55. The van der Waals surface area contributed by atoms with Gasteiger partial charge in [-0.25, -0.2) is 9.67 Å². The molecule has 0 fully saturated rings. The van der Waals surface area contributed by atoms with Crippen LogP contribution >= 0.6 is 22.7 Å². The van der Waals surface area contributed by atoms with Crippen molar-refractivity contribution in [1.82, 2.24) is 20.1 Å². The highest BCUT2D eigenvalue weighted by Gasteiger charge is 2.11. The van der Waals surface area contributed by atoms with Crippen molar-refractivity contribution in [3.8, 4) is 22.0 Å². The Bertz CT molecular complexity index is 1110. The van der Waals surface area contributed by atoms with E-state index in [9.17, 15) is 4.79 Å². The van der Waals surface area contributed by atoms with Gasteiger partial charge in [0, 0.05) is 23.0 Å². The second-order valence-corrected chi connectivity index (χ2v) is 8.60. The van der Waals surface area contributed by atoms with E-state index >= 15 is 0 Å². The molecule has 0 saturated carbocycles. The van der Waals surface area contributed by atoms with Crippen molar-refractivity contribution in [1.29, 1.82) is 0 Å². The smallest absolute Gasteiger partial charge is 0.271 e. The normalized spacial score (nSPS) is 10.8. The minimum Gasteiger partial charge on any atom is -0.497 e. The molecule has 1 aromatic carbocycles. The summed E-state index contributed by atoms with van der Waals surface area (Å²) in [7, 11) is 1.63. The number of thiazole rings is 1. The fraction of sp³-hybridized carbons (Fsp3) is 0.190. The lowest BCUT2D eigenvalue weighted by atomic mass is 10.3. The predicted molar refractivity (Wildman–Crippen MR) is 116 cm³/mol. The third-order valence-electron chi connectivity index (χ3n) is 4.35. The Morgan fingerprint density at radius 2 is 2.00 bits per heavy atom. The van der Waals surface area contributed by atoms with E-state index in [4.69, 9.17) is 4.74 Å². The van der Waals surface area contributed by atoms with Crippen LogP contribution in [0.4, 0.5) is 0 Å². The number of aryl methyl sites for hydroxylation is 1. The summed E-state index contributed by atoms with van der Waals surface area (Å²) >= 11 is 3.37. The molecule has 3 heterocycles. The molecule has 0 atom stereocenters. The number of hydrogen-bond acceptors (Lipinski definition) is 6. The fourth-order valence-corrected chi connectivity index (χ4v) is 4.50. The van der Waals surface area contributed by atoms with Gasteiger partial charge in [0.1, 0.15) is 5.75 Å². The number of amides is 1. The lowest BCUT2D eigenvalue weighted by Gasteiger charge is -2.04. The monoisotopic (exact) mass is 424 g/mol. The molecule has 0 radical (unpaired) electrons. The highest BCUT2D eigenvalue weighted by molar-refractivity contribution is 7.16. The molecule has 0 aliphatic rings.